The standard InChI is InChI=1S/C18H20N4O3S2/c23-17(19-12-16-20-14-5-1-2-6-15(14)21-16)11-13-7-8-18(26-13)27(24,25)22-9-3-4-10-22/h1-2,5-8H,3-4,9-12H2,(H,19,23)(H,20,21). The lowest BCUT2D eigenvalue weighted by Gasteiger charge is -2.13. The number of fused-ring (bicyclic) bond motifs is 1. The number of aromatic nitrogens is 2. The molecule has 3 aromatic rings. The first-order valence-electron chi connectivity index (χ1n) is 8.81. The van der Waals surface area contributed by atoms with Crippen LogP contribution in [0.15, 0.2) is 40.6 Å². The summed E-state index contributed by atoms with van der Waals surface area (Å²) in [5.74, 6) is 0.524. The second kappa shape index (κ2) is 7.41. The summed E-state index contributed by atoms with van der Waals surface area (Å²) in [6.07, 6.45) is 1.96. The van der Waals surface area contributed by atoms with Crippen LogP contribution in [0.1, 0.15) is 23.5 Å². The smallest absolute Gasteiger partial charge is 0.252 e. The van der Waals surface area contributed by atoms with Crippen molar-refractivity contribution >= 4 is 38.3 Å². The van der Waals surface area contributed by atoms with E-state index in [9.17, 15) is 13.2 Å². The highest BCUT2D eigenvalue weighted by Gasteiger charge is 2.28. The van der Waals surface area contributed by atoms with E-state index in [4.69, 9.17) is 0 Å². The number of nitrogens with one attached hydrogen (secondary N) is 2. The van der Waals surface area contributed by atoms with Crippen molar-refractivity contribution in [3.63, 3.8) is 0 Å². The number of H-pyrrole nitrogens is 1. The molecule has 3 heterocycles. The van der Waals surface area contributed by atoms with Crippen LogP contribution in [-0.4, -0.2) is 41.7 Å². The molecule has 0 radical (unpaired) electrons. The molecular formula is C18H20N4O3S2. The Labute approximate surface area is 161 Å². The van der Waals surface area contributed by atoms with Crippen LogP contribution in [-0.2, 0) is 27.8 Å². The summed E-state index contributed by atoms with van der Waals surface area (Å²) in [4.78, 5) is 20.5. The topological polar surface area (TPSA) is 95.2 Å². The Morgan fingerprint density at radius 3 is 2.74 bits per heavy atom. The van der Waals surface area contributed by atoms with Gasteiger partial charge in [-0.1, -0.05) is 12.1 Å². The number of amides is 1. The molecular weight excluding hydrogens is 384 g/mol. The molecule has 4 rings (SSSR count). The maximum atomic E-state index is 12.6. The third kappa shape index (κ3) is 3.90. The van der Waals surface area contributed by atoms with E-state index in [0.717, 1.165) is 28.8 Å². The highest BCUT2D eigenvalue weighted by Crippen LogP contribution is 2.27. The lowest BCUT2D eigenvalue weighted by atomic mass is 10.3. The Morgan fingerprint density at radius 2 is 1.96 bits per heavy atom. The van der Waals surface area contributed by atoms with Gasteiger partial charge in [0.2, 0.25) is 5.91 Å². The van der Waals surface area contributed by atoms with Crippen LogP contribution in [0.2, 0.25) is 0 Å². The highest BCUT2D eigenvalue weighted by atomic mass is 32.2. The van der Waals surface area contributed by atoms with Crippen molar-refractivity contribution in [1.82, 2.24) is 19.6 Å². The Morgan fingerprint density at radius 1 is 1.19 bits per heavy atom. The second-order valence-corrected chi connectivity index (χ2v) is 9.82. The number of para-hydroxylation sites is 2. The van der Waals surface area contributed by atoms with Gasteiger partial charge in [-0.25, -0.2) is 13.4 Å². The predicted octanol–water partition coefficient (Wildman–Crippen LogP) is 2.27. The molecule has 1 aliphatic heterocycles. The number of thiophene rings is 1. The second-order valence-electron chi connectivity index (χ2n) is 6.49. The average Bonchev–Trinajstić information content (AvgIpc) is 3.39. The van der Waals surface area contributed by atoms with E-state index in [1.165, 1.54) is 15.6 Å². The third-order valence-electron chi connectivity index (χ3n) is 4.52. The highest BCUT2D eigenvalue weighted by molar-refractivity contribution is 7.91. The quantitative estimate of drug-likeness (QED) is 0.659. The van der Waals surface area contributed by atoms with Crippen LogP contribution >= 0.6 is 11.3 Å². The summed E-state index contributed by atoms with van der Waals surface area (Å²) in [6.45, 7) is 1.46. The first-order valence-corrected chi connectivity index (χ1v) is 11.1. The van der Waals surface area contributed by atoms with Crippen molar-refractivity contribution in [3.05, 3.63) is 47.1 Å². The third-order valence-corrected chi connectivity index (χ3v) is 7.97. The molecule has 2 N–H and O–H groups in total. The summed E-state index contributed by atoms with van der Waals surface area (Å²) in [7, 11) is -3.42. The van der Waals surface area contributed by atoms with Crippen LogP contribution in [0.3, 0.4) is 0 Å². The predicted molar refractivity (Wildman–Crippen MR) is 104 cm³/mol. The Hall–Kier alpha value is -2.23. The summed E-state index contributed by atoms with van der Waals surface area (Å²) >= 11 is 1.17. The van der Waals surface area contributed by atoms with Gasteiger partial charge in [0, 0.05) is 18.0 Å². The molecule has 1 fully saturated rings. The van der Waals surface area contributed by atoms with E-state index in [1.807, 2.05) is 24.3 Å². The zero-order valence-electron chi connectivity index (χ0n) is 14.6. The van der Waals surface area contributed by atoms with Gasteiger partial charge >= 0.3 is 0 Å². The van der Waals surface area contributed by atoms with E-state index in [1.54, 1.807) is 12.1 Å². The molecule has 0 bridgehead atoms. The van der Waals surface area contributed by atoms with Gasteiger partial charge in [0.1, 0.15) is 10.0 Å². The summed E-state index contributed by atoms with van der Waals surface area (Å²) in [5, 5.41) is 2.83. The van der Waals surface area contributed by atoms with Gasteiger partial charge in [0.25, 0.3) is 10.0 Å². The summed E-state index contributed by atoms with van der Waals surface area (Å²) in [6, 6.07) is 11.0. The maximum Gasteiger partial charge on any atom is 0.252 e. The van der Waals surface area contributed by atoms with Gasteiger partial charge in [-0.15, -0.1) is 11.3 Å². The average molecular weight is 405 g/mol. The number of imidazole rings is 1. The van der Waals surface area contributed by atoms with Crippen molar-refractivity contribution < 1.29 is 13.2 Å². The summed E-state index contributed by atoms with van der Waals surface area (Å²) in [5.41, 5.74) is 1.79. The van der Waals surface area contributed by atoms with Gasteiger partial charge < -0.3 is 10.3 Å². The van der Waals surface area contributed by atoms with Crippen molar-refractivity contribution in [1.29, 1.82) is 0 Å². The fourth-order valence-corrected chi connectivity index (χ4v) is 6.17. The van der Waals surface area contributed by atoms with Crippen molar-refractivity contribution in [3.8, 4) is 0 Å². The number of nitrogens with zero attached hydrogens (tertiary/aromatic N) is 2. The van der Waals surface area contributed by atoms with Crippen LogP contribution in [0.4, 0.5) is 0 Å². The fraction of sp³-hybridized carbons (Fsp3) is 0.333. The molecule has 1 amide bonds. The molecule has 2 aromatic heterocycles. The normalized spacial score (nSPS) is 15.4. The zero-order chi connectivity index (χ0) is 18.9. The number of sulfonamides is 1. The van der Waals surface area contributed by atoms with Crippen molar-refractivity contribution in [2.24, 2.45) is 0 Å². The molecule has 0 aliphatic carbocycles. The number of carbonyl (C=O) groups is 1. The van der Waals surface area contributed by atoms with E-state index >= 15 is 0 Å². The van der Waals surface area contributed by atoms with E-state index in [-0.39, 0.29) is 12.3 Å². The zero-order valence-corrected chi connectivity index (χ0v) is 16.3. The molecule has 9 heteroatoms. The molecule has 1 aliphatic rings. The Kier molecular flexibility index (Phi) is 4.98. The lowest BCUT2D eigenvalue weighted by molar-refractivity contribution is -0.120. The minimum atomic E-state index is -3.42. The van der Waals surface area contributed by atoms with Crippen LogP contribution in [0.25, 0.3) is 11.0 Å². The number of benzene rings is 1. The van der Waals surface area contributed by atoms with Crippen LogP contribution in [0, 0.1) is 0 Å². The Balaban J connectivity index is 1.36. The first-order chi connectivity index (χ1) is 13.0. The number of rotatable bonds is 6. The molecule has 1 saturated heterocycles. The number of carbonyl (C=O) groups excluding carboxylic acids is 1. The maximum absolute atomic E-state index is 12.6. The van der Waals surface area contributed by atoms with Gasteiger partial charge in [0.15, 0.2) is 0 Å². The Bertz CT molecular complexity index is 1030. The van der Waals surface area contributed by atoms with E-state index in [2.05, 4.69) is 15.3 Å². The largest absolute Gasteiger partial charge is 0.349 e. The molecule has 0 spiro atoms. The minimum Gasteiger partial charge on any atom is -0.349 e. The van der Waals surface area contributed by atoms with E-state index < -0.39 is 10.0 Å². The molecule has 0 unspecified atom stereocenters. The number of aromatic amines is 1. The number of hydrogen-bond donors (Lipinski definition) is 2. The van der Waals surface area contributed by atoms with Crippen molar-refractivity contribution in [2.45, 2.75) is 30.0 Å². The molecule has 7 nitrogen and oxygen atoms in total. The molecule has 0 saturated carbocycles. The van der Waals surface area contributed by atoms with E-state index in [0.29, 0.717) is 29.7 Å². The SMILES string of the molecule is O=C(Cc1ccc(S(=O)(=O)N2CCCC2)s1)NCc1nc2ccccc2[nH]1. The lowest BCUT2D eigenvalue weighted by Crippen LogP contribution is -2.27. The van der Waals surface area contributed by atoms with Gasteiger partial charge in [0.05, 0.1) is 24.0 Å². The number of hydrogen-bond acceptors (Lipinski definition) is 5. The van der Waals surface area contributed by atoms with Gasteiger partial charge in [-0.3, -0.25) is 4.79 Å². The first kappa shape index (κ1) is 18.1. The van der Waals surface area contributed by atoms with Crippen LogP contribution < -0.4 is 5.32 Å². The monoisotopic (exact) mass is 404 g/mol. The summed E-state index contributed by atoms with van der Waals surface area (Å²) < 4.78 is 26.9. The molecule has 0 atom stereocenters. The fourth-order valence-electron chi connectivity index (χ4n) is 3.14. The van der Waals surface area contributed by atoms with Gasteiger partial charge in [-0.2, -0.15) is 4.31 Å². The van der Waals surface area contributed by atoms with Gasteiger partial charge in [-0.05, 0) is 37.1 Å². The van der Waals surface area contributed by atoms with Crippen LogP contribution in [0.5, 0.6) is 0 Å². The van der Waals surface area contributed by atoms with Crippen molar-refractivity contribution in [2.75, 3.05) is 13.1 Å². The molecule has 1 aromatic carbocycles. The molecule has 27 heavy (non-hydrogen) atoms. The molecule has 142 valence electrons. The minimum absolute atomic E-state index is 0.153.